The molecule has 1 N–H and O–H groups in total. The monoisotopic (exact) mass is 477 g/mol. The van der Waals surface area contributed by atoms with Gasteiger partial charge in [0.05, 0.1) is 18.8 Å². The first-order chi connectivity index (χ1) is 16.0. The summed E-state index contributed by atoms with van der Waals surface area (Å²) in [5.74, 6) is 0.745. The molecule has 0 fully saturated rings. The van der Waals surface area contributed by atoms with E-state index in [4.69, 9.17) is 27.9 Å². The van der Waals surface area contributed by atoms with Crippen LogP contribution in [-0.2, 0) is 6.42 Å². The van der Waals surface area contributed by atoms with E-state index < -0.39 is 0 Å². The van der Waals surface area contributed by atoms with E-state index in [2.05, 4.69) is 10.2 Å². The molecule has 0 saturated carbocycles. The smallest absolute Gasteiger partial charge is 0.273 e. The van der Waals surface area contributed by atoms with Gasteiger partial charge in [0.15, 0.2) is 0 Å². The topological polar surface area (TPSA) is 58.2 Å². The Morgan fingerprint density at radius 2 is 1.58 bits per heavy atom. The summed E-state index contributed by atoms with van der Waals surface area (Å²) in [5, 5.41) is 8.79. The van der Waals surface area contributed by atoms with Crippen LogP contribution in [0.1, 0.15) is 33.2 Å². The molecule has 2 heterocycles. The van der Waals surface area contributed by atoms with Crippen molar-refractivity contribution < 1.29 is 9.53 Å². The Morgan fingerprint density at radius 3 is 2.21 bits per heavy atom. The number of aromatic nitrogens is 2. The first-order valence-electron chi connectivity index (χ1n) is 10.6. The van der Waals surface area contributed by atoms with Crippen molar-refractivity contribution >= 4 is 29.1 Å². The summed E-state index contributed by atoms with van der Waals surface area (Å²) in [4.78, 5) is 15.4. The fourth-order valence-electron chi connectivity index (χ4n) is 4.29. The van der Waals surface area contributed by atoms with Crippen LogP contribution in [0.2, 0.25) is 10.0 Å². The number of halogens is 2. The number of ether oxygens (including phenoxy) is 1. The number of amides is 1. The lowest BCUT2D eigenvalue weighted by Gasteiger charge is -2.26. The van der Waals surface area contributed by atoms with Crippen molar-refractivity contribution in [2.45, 2.75) is 12.5 Å². The van der Waals surface area contributed by atoms with Crippen molar-refractivity contribution in [3.8, 4) is 17.0 Å². The normalized spacial score (nSPS) is 15.1. The SMILES string of the molecule is COc1ccc(CCN2C(=O)c3[nH]nc(-c4ccc(Cl)cc4)c3C2c2ccc(Cl)cc2)cc1. The van der Waals surface area contributed by atoms with Gasteiger partial charge in [-0.25, -0.2) is 0 Å². The summed E-state index contributed by atoms with van der Waals surface area (Å²) in [7, 11) is 1.65. The molecule has 0 spiro atoms. The molecule has 5 nitrogen and oxygen atoms in total. The number of hydrogen-bond donors (Lipinski definition) is 1. The Hall–Kier alpha value is -3.28. The van der Waals surface area contributed by atoms with Crippen LogP contribution in [0.3, 0.4) is 0 Å². The predicted octanol–water partition coefficient (Wildman–Crippen LogP) is 6.18. The molecule has 0 aliphatic carbocycles. The summed E-state index contributed by atoms with van der Waals surface area (Å²) < 4.78 is 5.25. The number of H-pyrrole nitrogens is 1. The second kappa shape index (κ2) is 8.93. The zero-order chi connectivity index (χ0) is 22.9. The highest BCUT2D eigenvalue weighted by Crippen LogP contribution is 2.43. The summed E-state index contributed by atoms with van der Waals surface area (Å²) in [6.45, 7) is 0.557. The number of aromatic amines is 1. The number of hydrogen-bond acceptors (Lipinski definition) is 3. The summed E-state index contributed by atoms with van der Waals surface area (Å²) in [5.41, 5.74) is 5.17. The van der Waals surface area contributed by atoms with Gasteiger partial charge in [-0.05, 0) is 53.9 Å². The lowest BCUT2D eigenvalue weighted by Crippen LogP contribution is -2.31. The van der Waals surface area contributed by atoms with Gasteiger partial charge in [-0.2, -0.15) is 5.10 Å². The summed E-state index contributed by atoms with van der Waals surface area (Å²) in [6.07, 6.45) is 0.716. The van der Waals surface area contributed by atoms with E-state index >= 15 is 0 Å². The van der Waals surface area contributed by atoms with Crippen LogP contribution in [0.4, 0.5) is 0 Å². The molecule has 33 heavy (non-hydrogen) atoms. The third-order valence-corrected chi connectivity index (χ3v) is 6.47. The minimum Gasteiger partial charge on any atom is -0.497 e. The maximum absolute atomic E-state index is 13.5. The van der Waals surface area contributed by atoms with Gasteiger partial charge in [0.1, 0.15) is 11.4 Å². The third-order valence-electron chi connectivity index (χ3n) is 5.97. The standard InChI is InChI=1S/C26H21Cl2N3O2/c1-33-21-12-2-16(3-13-21)14-15-31-25(18-6-10-20(28)11-7-18)22-23(29-30-24(22)26(31)32)17-4-8-19(27)9-5-17/h2-13,25H,14-15H2,1H3,(H,29,30). The number of rotatable bonds is 6. The van der Waals surface area contributed by atoms with Crippen molar-refractivity contribution in [3.63, 3.8) is 0 Å². The van der Waals surface area contributed by atoms with Gasteiger partial charge in [-0.3, -0.25) is 9.89 Å². The molecule has 7 heteroatoms. The minimum absolute atomic E-state index is 0.0637. The molecule has 1 atom stereocenters. The van der Waals surface area contributed by atoms with E-state index in [0.717, 1.165) is 33.7 Å². The number of benzene rings is 3. The average molecular weight is 478 g/mol. The van der Waals surface area contributed by atoms with E-state index in [-0.39, 0.29) is 11.9 Å². The Bertz CT molecular complexity index is 1280. The molecule has 1 aliphatic rings. The van der Waals surface area contributed by atoms with E-state index in [1.807, 2.05) is 77.7 Å². The lowest BCUT2D eigenvalue weighted by molar-refractivity contribution is 0.0746. The van der Waals surface area contributed by atoms with Crippen molar-refractivity contribution in [1.82, 2.24) is 15.1 Å². The van der Waals surface area contributed by atoms with Crippen molar-refractivity contribution in [2.75, 3.05) is 13.7 Å². The van der Waals surface area contributed by atoms with E-state index in [9.17, 15) is 4.79 Å². The second-order valence-corrected chi connectivity index (χ2v) is 8.79. The Balaban J connectivity index is 1.53. The number of carbonyl (C=O) groups excluding carboxylic acids is 1. The van der Waals surface area contributed by atoms with Crippen LogP contribution in [0.5, 0.6) is 5.75 Å². The first-order valence-corrected chi connectivity index (χ1v) is 11.3. The summed E-state index contributed by atoms with van der Waals surface area (Å²) in [6, 6.07) is 22.8. The molecule has 1 aromatic heterocycles. The van der Waals surface area contributed by atoms with Crippen molar-refractivity contribution in [3.05, 3.63) is 105 Å². The molecule has 4 aromatic rings. The molecular formula is C26H21Cl2N3O2. The maximum Gasteiger partial charge on any atom is 0.273 e. The molecule has 5 rings (SSSR count). The summed E-state index contributed by atoms with van der Waals surface area (Å²) >= 11 is 12.2. The third kappa shape index (κ3) is 4.10. The van der Waals surface area contributed by atoms with E-state index in [1.165, 1.54) is 0 Å². The van der Waals surface area contributed by atoms with Crippen LogP contribution in [0.25, 0.3) is 11.3 Å². The van der Waals surface area contributed by atoms with Gasteiger partial charge >= 0.3 is 0 Å². The molecule has 166 valence electrons. The molecular weight excluding hydrogens is 457 g/mol. The zero-order valence-electron chi connectivity index (χ0n) is 17.9. The number of nitrogens with one attached hydrogen (secondary N) is 1. The minimum atomic E-state index is -0.271. The number of nitrogens with zero attached hydrogens (tertiary/aromatic N) is 2. The van der Waals surface area contributed by atoms with Gasteiger partial charge in [-0.1, -0.05) is 59.6 Å². The first kappa shape index (κ1) is 21.6. The highest BCUT2D eigenvalue weighted by Gasteiger charge is 2.41. The molecule has 1 unspecified atom stereocenters. The Morgan fingerprint density at radius 1 is 0.939 bits per heavy atom. The molecule has 0 bridgehead atoms. The fraction of sp³-hybridized carbons (Fsp3) is 0.154. The average Bonchev–Trinajstić information content (AvgIpc) is 3.38. The van der Waals surface area contributed by atoms with Crippen LogP contribution >= 0.6 is 23.2 Å². The van der Waals surface area contributed by atoms with E-state index in [1.54, 1.807) is 7.11 Å². The molecule has 0 saturated heterocycles. The van der Waals surface area contributed by atoms with Crippen LogP contribution in [0.15, 0.2) is 72.8 Å². The molecule has 3 aromatic carbocycles. The lowest BCUT2D eigenvalue weighted by atomic mass is 9.96. The van der Waals surface area contributed by atoms with Crippen molar-refractivity contribution in [2.24, 2.45) is 0 Å². The predicted molar refractivity (Wildman–Crippen MR) is 130 cm³/mol. The fourth-order valence-corrected chi connectivity index (χ4v) is 4.54. The van der Waals surface area contributed by atoms with Crippen LogP contribution < -0.4 is 4.74 Å². The second-order valence-electron chi connectivity index (χ2n) is 7.92. The maximum atomic E-state index is 13.5. The number of methoxy groups -OCH3 is 1. The van der Waals surface area contributed by atoms with Crippen molar-refractivity contribution in [1.29, 1.82) is 0 Å². The van der Waals surface area contributed by atoms with Gasteiger partial charge in [-0.15, -0.1) is 0 Å². The molecule has 0 radical (unpaired) electrons. The van der Waals surface area contributed by atoms with Gasteiger partial charge < -0.3 is 9.64 Å². The molecule has 1 amide bonds. The van der Waals surface area contributed by atoms with Gasteiger partial charge in [0, 0.05) is 27.7 Å². The quantitative estimate of drug-likeness (QED) is 0.360. The molecule has 1 aliphatic heterocycles. The zero-order valence-corrected chi connectivity index (χ0v) is 19.4. The Labute approximate surface area is 201 Å². The largest absolute Gasteiger partial charge is 0.497 e. The van der Waals surface area contributed by atoms with Gasteiger partial charge in [0.2, 0.25) is 0 Å². The number of fused-ring (bicyclic) bond motifs is 1. The number of carbonyl (C=O) groups is 1. The van der Waals surface area contributed by atoms with E-state index in [0.29, 0.717) is 28.7 Å². The van der Waals surface area contributed by atoms with Crippen LogP contribution in [0, 0.1) is 0 Å². The Kier molecular flexibility index (Phi) is 5.83. The highest BCUT2D eigenvalue weighted by atomic mass is 35.5. The highest BCUT2D eigenvalue weighted by molar-refractivity contribution is 6.30. The van der Waals surface area contributed by atoms with Gasteiger partial charge in [0.25, 0.3) is 5.91 Å². The van der Waals surface area contributed by atoms with Crippen LogP contribution in [-0.4, -0.2) is 34.7 Å².